The molecule has 0 saturated heterocycles. The summed E-state index contributed by atoms with van der Waals surface area (Å²) < 4.78 is 25.5. The fourth-order valence-electron chi connectivity index (χ4n) is 3.94. The van der Waals surface area contributed by atoms with Crippen molar-refractivity contribution in [1.82, 2.24) is 14.8 Å². The summed E-state index contributed by atoms with van der Waals surface area (Å²) in [5.74, 6) is -1.39. The van der Waals surface area contributed by atoms with Crippen LogP contribution >= 0.6 is 0 Å². The van der Waals surface area contributed by atoms with Gasteiger partial charge in [0.15, 0.2) is 0 Å². The van der Waals surface area contributed by atoms with Crippen molar-refractivity contribution in [2.75, 3.05) is 12.4 Å². The Morgan fingerprint density at radius 1 is 1.13 bits per heavy atom. The van der Waals surface area contributed by atoms with Gasteiger partial charge in [0.25, 0.3) is 5.82 Å². The molecule has 1 aliphatic carbocycles. The highest BCUT2D eigenvalue weighted by Crippen LogP contribution is 2.36. The Hall–Kier alpha value is -3.23. The van der Waals surface area contributed by atoms with Gasteiger partial charge < -0.3 is 14.8 Å². The van der Waals surface area contributed by atoms with E-state index in [1.807, 2.05) is 0 Å². The van der Waals surface area contributed by atoms with Crippen molar-refractivity contribution in [2.45, 2.75) is 51.2 Å². The van der Waals surface area contributed by atoms with Gasteiger partial charge in [0, 0.05) is 5.70 Å². The predicted molar refractivity (Wildman–Crippen MR) is 105 cm³/mol. The second-order valence-corrected chi connectivity index (χ2v) is 7.48. The van der Waals surface area contributed by atoms with Gasteiger partial charge in [0.1, 0.15) is 18.0 Å². The lowest BCUT2D eigenvalue weighted by atomic mass is 9.95. The van der Waals surface area contributed by atoms with Gasteiger partial charge in [-0.15, -0.1) is 5.10 Å². The van der Waals surface area contributed by atoms with Crippen LogP contribution in [0.2, 0.25) is 0 Å². The Morgan fingerprint density at radius 3 is 2.50 bits per heavy atom. The van der Waals surface area contributed by atoms with Gasteiger partial charge >= 0.3 is 11.9 Å². The van der Waals surface area contributed by atoms with Gasteiger partial charge in [0.05, 0.1) is 12.7 Å². The number of rotatable bonds is 4. The lowest BCUT2D eigenvalue weighted by Crippen LogP contribution is -2.32. The van der Waals surface area contributed by atoms with E-state index in [-0.39, 0.29) is 17.9 Å². The van der Waals surface area contributed by atoms with Crippen LogP contribution in [0, 0.1) is 5.82 Å². The molecule has 9 heteroatoms. The quantitative estimate of drug-likeness (QED) is 0.767. The predicted octanol–water partition coefficient (Wildman–Crippen LogP) is 3.37. The summed E-state index contributed by atoms with van der Waals surface area (Å²) in [4.78, 5) is 29.3. The molecule has 1 aromatic heterocycles. The highest BCUT2D eigenvalue weighted by Gasteiger charge is 2.37. The Labute approximate surface area is 173 Å². The van der Waals surface area contributed by atoms with Crippen molar-refractivity contribution in [2.24, 2.45) is 0 Å². The van der Waals surface area contributed by atoms with Crippen LogP contribution in [-0.2, 0) is 14.3 Å². The first kappa shape index (κ1) is 20.1. The number of ether oxygens (including phenoxy) is 2. The van der Waals surface area contributed by atoms with E-state index >= 15 is 0 Å². The van der Waals surface area contributed by atoms with E-state index < -0.39 is 23.8 Å². The number of carbonyl (C=O) groups is 2. The smallest absolute Gasteiger partial charge is 0.378 e. The van der Waals surface area contributed by atoms with Crippen LogP contribution in [0.5, 0.6) is 0 Å². The van der Waals surface area contributed by atoms with Gasteiger partial charge in [-0.05, 0) is 50.3 Å². The maximum Gasteiger partial charge on any atom is 0.378 e. The number of fused-ring (bicyclic) bond motifs is 1. The van der Waals surface area contributed by atoms with Crippen LogP contribution in [0.15, 0.2) is 35.5 Å². The van der Waals surface area contributed by atoms with Crippen molar-refractivity contribution >= 4 is 17.9 Å². The molecule has 1 unspecified atom stereocenters. The zero-order chi connectivity index (χ0) is 21.3. The van der Waals surface area contributed by atoms with Gasteiger partial charge in [-0.25, -0.2) is 18.7 Å². The van der Waals surface area contributed by atoms with E-state index in [1.54, 1.807) is 19.1 Å². The minimum absolute atomic E-state index is 0.122. The van der Waals surface area contributed by atoms with Crippen LogP contribution in [0.25, 0.3) is 0 Å². The number of nitrogens with one attached hydrogen (secondary N) is 1. The largest absolute Gasteiger partial charge is 0.463 e. The maximum absolute atomic E-state index is 13.5. The summed E-state index contributed by atoms with van der Waals surface area (Å²) in [6, 6.07) is 5.07. The molecule has 0 amide bonds. The molecule has 4 rings (SSSR count). The zero-order valence-corrected chi connectivity index (χ0v) is 16.9. The minimum Gasteiger partial charge on any atom is -0.463 e. The molecule has 0 bridgehead atoms. The number of hydrogen-bond donors (Lipinski definition) is 1. The van der Waals surface area contributed by atoms with E-state index in [2.05, 4.69) is 15.4 Å². The SMILES string of the molecule is COC(=O)c1nc2n(n1)C(c1ccc(F)cc1)C(C(=O)OC1CCCCC1)=C(C)N2. The molecule has 1 aromatic carbocycles. The van der Waals surface area contributed by atoms with Crippen molar-refractivity contribution in [3.05, 3.63) is 52.7 Å². The fourth-order valence-corrected chi connectivity index (χ4v) is 3.94. The number of allylic oxidation sites excluding steroid dienone is 1. The molecule has 0 spiro atoms. The van der Waals surface area contributed by atoms with Crippen molar-refractivity contribution in [3.8, 4) is 0 Å². The molecule has 2 aliphatic rings. The summed E-state index contributed by atoms with van der Waals surface area (Å²) in [5, 5.41) is 7.27. The van der Waals surface area contributed by atoms with Crippen molar-refractivity contribution < 1.29 is 23.5 Å². The Balaban J connectivity index is 1.74. The standard InChI is InChI=1S/C21H23FN4O4/c1-12-16(19(27)30-15-6-4-3-5-7-15)17(13-8-10-14(22)11-9-13)26-21(23-12)24-18(25-26)20(28)29-2/h8-11,15,17H,3-7H2,1-2H3,(H,23,24,25). The van der Waals surface area contributed by atoms with Crippen LogP contribution in [-0.4, -0.2) is 39.9 Å². The number of nitrogens with zero attached hydrogens (tertiary/aromatic N) is 3. The maximum atomic E-state index is 13.5. The summed E-state index contributed by atoms with van der Waals surface area (Å²) in [6.45, 7) is 1.74. The molecular formula is C21H23FN4O4. The Bertz CT molecular complexity index is 993. The number of anilines is 1. The van der Waals surface area contributed by atoms with E-state index in [4.69, 9.17) is 9.47 Å². The van der Waals surface area contributed by atoms with Crippen LogP contribution in [0.3, 0.4) is 0 Å². The van der Waals surface area contributed by atoms with Gasteiger partial charge in [0.2, 0.25) is 5.95 Å². The topological polar surface area (TPSA) is 95.3 Å². The first-order chi connectivity index (χ1) is 14.5. The summed E-state index contributed by atoms with van der Waals surface area (Å²) in [5.41, 5.74) is 1.51. The number of hydrogen-bond acceptors (Lipinski definition) is 7. The molecule has 2 heterocycles. The highest BCUT2D eigenvalue weighted by molar-refractivity contribution is 5.93. The molecule has 158 valence electrons. The van der Waals surface area contributed by atoms with Crippen LogP contribution < -0.4 is 5.32 Å². The number of halogens is 1. The molecular weight excluding hydrogens is 391 g/mol. The van der Waals surface area contributed by atoms with Crippen LogP contribution in [0.4, 0.5) is 10.3 Å². The Kier molecular flexibility index (Phi) is 5.52. The van der Waals surface area contributed by atoms with Gasteiger partial charge in [-0.3, -0.25) is 0 Å². The summed E-state index contributed by atoms with van der Waals surface area (Å²) >= 11 is 0. The molecule has 1 aliphatic heterocycles. The molecule has 8 nitrogen and oxygen atoms in total. The number of aromatic nitrogens is 3. The lowest BCUT2D eigenvalue weighted by Gasteiger charge is -2.30. The fraction of sp³-hybridized carbons (Fsp3) is 0.429. The number of benzene rings is 1. The number of esters is 2. The zero-order valence-electron chi connectivity index (χ0n) is 16.9. The minimum atomic E-state index is -0.719. The van der Waals surface area contributed by atoms with Gasteiger partial charge in [-0.1, -0.05) is 18.6 Å². The second-order valence-electron chi connectivity index (χ2n) is 7.48. The third kappa shape index (κ3) is 3.79. The van der Waals surface area contributed by atoms with E-state index in [1.165, 1.54) is 23.9 Å². The average molecular weight is 414 g/mol. The summed E-state index contributed by atoms with van der Waals surface area (Å²) in [7, 11) is 1.24. The molecule has 1 saturated carbocycles. The monoisotopic (exact) mass is 414 g/mol. The Morgan fingerprint density at radius 2 is 1.83 bits per heavy atom. The first-order valence-corrected chi connectivity index (χ1v) is 9.97. The average Bonchev–Trinajstić information content (AvgIpc) is 3.17. The molecule has 0 radical (unpaired) electrons. The normalized spacial score (nSPS) is 19.1. The molecule has 2 aromatic rings. The second kappa shape index (κ2) is 8.25. The first-order valence-electron chi connectivity index (χ1n) is 9.97. The number of methoxy groups -OCH3 is 1. The summed E-state index contributed by atoms with van der Waals surface area (Å²) in [6.07, 6.45) is 4.77. The molecule has 1 N–H and O–H groups in total. The van der Waals surface area contributed by atoms with E-state index in [0.29, 0.717) is 16.8 Å². The van der Waals surface area contributed by atoms with Crippen LogP contribution in [0.1, 0.15) is 61.3 Å². The lowest BCUT2D eigenvalue weighted by molar-refractivity contribution is -0.146. The third-order valence-electron chi connectivity index (χ3n) is 5.45. The van der Waals surface area contributed by atoms with E-state index in [0.717, 1.165) is 32.1 Å². The third-order valence-corrected chi connectivity index (χ3v) is 5.45. The van der Waals surface area contributed by atoms with E-state index in [9.17, 15) is 14.0 Å². The number of carbonyl (C=O) groups excluding carboxylic acids is 2. The van der Waals surface area contributed by atoms with Crippen molar-refractivity contribution in [1.29, 1.82) is 0 Å². The molecule has 30 heavy (non-hydrogen) atoms. The van der Waals surface area contributed by atoms with Crippen molar-refractivity contribution in [3.63, 3.8) is 0 Å². The molecule has 1 fully saturated rings. The molecule has 1 atom stereocenters. The van der Waals surface area contributed by atoms with Gasteiger partial charge in [-0.2, -0.15) is 4.98 Å². The highest BCUT2D eigenvalue weighted by atomic mass is 19.1.